The maximum atomic E-state index is 10.6. The number of hydrogen-bond donors (Lipinski definition) is 2. The van der Waals surface area contributed by atoms with E-state index in [1.165, 1.54) is 0 Å². The Kier molecular flexibility index (Phi) is 3.96. The summed E-state index contributed by atoms with van der Waals surface area (Å²) in [6.07, 6.45) is -4.12. The van der Waals surface area contributed by atoms with Crippen molar-refractivity contribution >= 4 is 0 Å². The Morgan fingerprint density at radius 2 is 1.57 bits per heavy atom. The quantitative estimate of drug-likeness (QED) is 0.531. The van der Waals surface area contributed by atoms with Crippen molar-refractivity contribution in [1.29, 1.82) is 0 Å². The highest BCUT2D eigenvalue weighted by Gasteiger charge is 2.22. The van der Waals surface area contributed by atoms with E-state index >= 15 is 0 Å². The normalized spacial score (nSPS) is 10.3. The van der Waals surface area contributed by atoms with Crippen LogP contribution < -0.4 is 6.15 Å². The van der Waals surface area contributed by atoms with Gasteiger partial charge in [-0.25, -0.2) is 4.39 Å². The zero-order valence-corrected chi connectivity index (χ0v) is 3.50. The summed E-state index contributed by atoms with van der Waals surface area (Å²) in [6.45, 7) is -2.01. The number of halogens is 3. The fraction of sp³-hybridized carbons (Fsp3) is 1.00. The summed E-state index contributed by atoms with van der Waals surface area (Å²) in [5.41, 5.74) is 0. The SMILES string of the molecule is N.OC(F)(F)CF. The van der Waals surface area contributed by atoms with E-state index in [0.717, 1.165) is 0 Å². The summed E-state index contributed by atoms with van der Waals surface area (Å²) in [7, 11) is 0. The Balaban J connectivity index is 0. The fourth-order valence-electron chi connectivity index (χ4n) is 0. The molecule has 7 heavy (non-hydrogen) atoms. The van der Waals surface area contributed by atoms with Gasteiger partial charge in [-0.1, -0.05) is 0 Å². The smallest absolute Gasteiger partial charge is 0.344 e. The maximum absolute atomic E-state index is 10.6. The van der Waals surface area contributed by atoms with Crippen molar-refractivity contribution < 1.29 is 18.3 Å². The molecule has 0 aliphatic heterocycles. The monoisotopic (exact) mass is 117 g/mol. The molecule has 0 saturated carbocycles. The molecule has 0 aromatic rings. The van der Waals surface area contributed by atoms with Crippen molar-refractivity contribution in [1.82, 2.24) is 6.15 Å². The van der Waals surface area contributed by atoms with E-state index in [2.05, 4.69) is 0 Å². The summed E-state index contributed by atoms with van der Waals surface area (Å²) in [6, 6.07) is 0. The van der Waals surface area contributed by atoms with E-state index in [4.69, 9.17) is 5.11 Å². The van der Waals surface area contributed by atoms with Crippen LogP contribution in [0.2, 0.25) is 0 Å². The van der Waals surface area contributed by atoms with Gasteiger partial charge in [-0.05, 0) is 0 Å². The Morgan fingerprint density at radius 3 is 1.57 bits per heavy atom. The first-order valence-electron chi connectivity index (χ1n) is 1.22. The van der Waals surface area contributed by atoms with Gasteiger partial charge in [0.25, 0.3) is 0 Å². The van der Waals surface area contributed by atoms with Crippen LogP contribution in [0.4, 0.5) is 13.2 Å². The van der Waals surface area contributed by atoms with Crippen LogP contribution in [0.5, 0.6) is 0 Å². The highest BCUT2D eigenvalue weighted by atomic mass is 19.3. The molecular formula is C2H6F3NO. The van der Waals surface area contributed by atoms with E-state index in [1.807, 2.05) is 0 Å². The second-order valence-electron chi connectivity index (χ2n) is 0.799. The molecule has 0 aromatic carbocycles. The first-order chi connectivity index (χ1) is 2.56. The van der Waals surface area contributed by atoms with Crippen LogP contribution in [0.3, 0.4) is 0 Å². The number of aliphatic hydroxyl groups is 1. The minimum Gasteiger partial charge on any atom is -0.344 e. The predicted octanol–water partition coefficient (Wildman–Crippen LogP) is 0.703. The molecule has 4 N–H and O–H groups in total. The molecule has 0 bridgehead atoms. The van der Waals surface area contributed by atoms with Crippen molar-refractivity contribution in [3.05, 3.63) is 0 Å². The van der Waals surface area contributed by atoms with Gasteiger partial charge in [0.1, 0.15) is 0 Å². The molecule has 5 heteroatoms. The van der Waals surface area contributed by atoms with Gasteiger partial charge < -0.3 is 11.3 Å². The Bertz CT molecular complexity index is 42.7. The van der Waals surface area contributed by atoms with Crippen LogP contribution in [-0.2, 0) is 0 Å². The lowest BCUT2D eigenvalue weighted by molar-refractivity contribution is -0.208. The van der Waals surface area contributed by atoms with Crippen molar-refractivity contribution in [3.8, 4) is 0 Å². The summed E-state index contributed by atoms with van der Waals surface area (Å²) in [4.78, 5) is 0. The minimum atomic E-state index is -4.12. The number of hydrogen-bond acceptors (Lipinski definition) is 2. The molecule has 0 rings (SSSR count). The average Bonchev–Trinajstić information content (AvgIpc) is 1.35. The van der Waals surface area contributed by atoms with Crippen molar-refractivity contribution in [2.24, 2.45) is 0 Å². The third-order valence-electron chi connectivity index (χ3n) is 0.161. The van der Waals surface area contributed by atoms with E-state index < -0.39 is 12.8 Å². The van der Waals surface area contributed by atoms with Gasteiger partial charge in [0.2, 0.25) is 0 Å². The molecule has 0 spiro atoms. The highest BCUT2D eigenvalue weighted by molar-refractivity contribution is 4.38. The highest BCUT2D eigenvalue weighted by Crippen LogP contribution is 2.06. The van der Waals surface area contributed by atoms with Crippen molar-refractivity contribution in [2.45, 2.75) is 6.11 Å². The molecule has 0 aromatic heterocycles. The third kappa shape index (κ3) is 10.7. The fourth-order valence-corrected chi connectivity index (χ4v) is 0. The van der Waals surface area contributed by atoms with Gasteiger partial charge >= 0.3 is 6.11 Å². The lowest BCUT2D eigenvalue weighted by atomic mass is 10.7. The first-order valence-corrected chi connectivity index (χ1v) is 1.22. The summed E-state index contributed by atoms with van der Waals surface area (Å²) < 4.78 is 31.8. The predicted molar refractivity (Wildman–Crippen MR) is 18.2 cm³/mol. The van der Waals surface area contributed by atoms with Gasteiger partial charge in [0.05, 0.1) is 0 Å². The second-order valence-corrected chi connectivity index (χ2v) is 0.799. The Morgan fingerprint density at radius 1 is 1.43 bits per heavy atom. The molecule has 0 saturated heterocycles. The molecule has 0 fully saturated rings. The molecule has 2 nitrogen and oxygen atoms in total. The lowest BCUT2D eigenvalue weighted by Gasteiger charge is -1.97. The minimum absolute atomic E-state index is 0. The standard InChI is InChI=1S/C2H3F3O.H3N/c3-1-2(4,5)6;/h6H,1H2;1H3. The van der Waals surface area contributed by atoms with Crippen molar-refractivity contribution in [3.63, 3.8) is 0 Å². The maximum Gasteiger partial charge on any atom is 0.381 e. The lowest BCUT2D eigenvalue weighted by Crippen LogP contribution is -2.15. The molecule has 0 atom stereocenters. The first kappa shape index (κ1) is 9.86. The third-order valence-corrected chi connectivity index (χ3v) is 0.161. The van der Waals surface area contributed by atoms with Gasteiger partial charge in [-0.2, -0.15) is 8.78 Å². The molecule has 0 amide bonds. The molecule has 0 heterocycles. The van der Waals surface area contributed by atoms with Crippen LogP contribution in [0.15, 0.2) is 0 Å². The molecule has 0 aliphatic carbocycles. The van der Waals surface area contributed by atoms with Gasteiger partial charge in [0.15, 0.2) is 6.67 Å². The molecule has 0 radical (unpaired) electrons. The van der Waals surface area contributed by atoms with Crippen LogP contribution in [0, 0.1) is 0 Å². The van der Waals surface area contributed by atoms with E-state index in [9.17, 15) is 13.2 Å². The van der Waals surface area contributed by atoms with E-state index in [0.29, 0.717) is 0 Å². The Hall–Kier alpha value is -0.290. The van der Waals surface area contributed by atoms with Crippen LogP contribution >= 0.6 is 0 Å². The zero-order valence-electron chi connectivity index (χ0n) is 3.50. The van der Waals surface area contributed by atoms with Crippen LogP contribution in [0.1, 0.15) is 0 Å². The van der Waals surface area contributed by atoms with Gasteiger partial charge in [-0.3, -0.25) is 0 Å². The largest absolute Gasteiger partial charge is 0.381 e. The topological polar surface area (TPSA) is 55.2 Å². The number of rotatable bonds is 1. The average molecular weight is 117 g/mol. The summed E-state index contributed by atoms with van der Waals surface area (Å²) >= 11 is 0. The summed E-state index contributed by atoms with van der Waals surface area (Å²) in [5.74, 6) is 0. The molecule has 46 valence electrons. The Labute approximate surface area is 38.5 Å². The summed E-state index contributed by atoms with van der Waals surface area (Å²) in [5, 5.41) is 7.12. The molecular weight excluding hydrogens is 111 g/mol. The zero-order chi connectivity index (χ0) is 5.21. The second kappa shape index (κ2) is 2.81. The molecule has 0 unspecified atom stereocenters. The van der Waals surface area contributed by atoms with E-state index in [-0.39, 0.29) is 6.15 Å². The number of alkyl halides is 3. The van der Waals surface area contributed by atoms with Crippen molar-refractivity contribution in [2.75, 3.05) is 6.67 Å². The molecule has 0 aliphatic rings. The van der Waals surface area contributed by atoms with Gasteiger partial charge in [0, 0.05) is 0 Å². The van der Waals surface area contributed by atoms with Crippen LogP contribution in [0.25, 0.3) is 0 Å². The van der Waals surface area contributed by atoms with E-state index in [1.54, 1.807) is 0 Å². The van der Waals surface area contributed by atoms with Crippen LogP contribution in [-0.4, -0.2) is 17.9 Å². The van der Waals surface area contributed by atoms with Gasteiger partial charge in [-0.15, -0.1) is 0 Å².